The topological polar surface area (TPSA) is 33.9 Å². The molecule has 1 saturated heterocycles. The first kappa shape index (κ1) is 16.5. The Morgan fingerprint density at radius 2 is 1.86 bits per heavy atom. The van der Waals surface area contributed by atoms with Crippen molar-refractivity contribution in [3.8, 4) is 0 Å². The van der Waals surface area contributed by atoms with Crippen LogP contribution >= 0.6 is 0 Å². The molecule has 4 nitrogen and oxygen atoms in total. The van der Waals surface area contributed by atoms with E-state index in [4.69, 9.17) is 11.3 Å². The molecule has 2 rings (SSSR count). The number of hydrogen-bond donors (Lipinski definition) is 0. The number of carbonyl (C=O) groups excluding carboxylic acids is 1. The molecular weight excluding hydrogens is 276 g/mol. The molecule has 1 unspecified atom stereocenters. The first-order valence-electron chi connectivity index (χ1n) is 7.74. The Balaban J connectivity index is 2.03. The summed E-state index contributed by atoms with van der Waals surface area (Å²) < 4.78 is 5.26. The van der Waals surface area contributed by atoms with Gasteiger partial charge in [0.15, 0.2) is 0 Å². The second-order valence-corrected chi connectivity index (χ2v) is 6.73. The van der Waals surface area contributed by atoms with Crippen molar-refractivity contribution in [2.45, 2.75) is 38.6 Å². The van der Waals surface area contributed by atoms with Gasteiger partial charge in [0.2, 0.25) is 0 Å². The summed E-state index contributed by atoms with van der Waals surface area (Å²) in [6.07, 6.45) is 0.476. The van der Waals surface area contributed by atoms with Crippen molar-refractivity contribution in [2.75, 3.05) is 26.3 Å². The van der Waals surface area contributed by atoms with Crippen LogP contribution in [0.25, 0.3) is 4.85 Å². The summed E-state index contributed by atoms with van der Waals surface area (Å²) in [5, 5.41) is 0. The van der Waals surface area contributed by atoms with Crippen LogP contribution in [0, 0.1) is 6.57 Å². The van der Waals surface area contributed by atoms with E-state index < -0.39 is 6.04 Å². The lowest BCUT2D eigenvalue weighted by atomic mass is 9.86. The Morgan fingerprint density at radius 3 is 2.36 bits per heavy atom. The van der Waals surface area contributed by atoms with Gasteiger partial charge >= 0.3 is 11.9 Å². The van der Waals surface area contributed by atoms with Crippen molar-refractivity contribution in [2.24, 2.45) is 0 Å². The third-order valence-electron chi connectivity index (χ3n) is 4.01. The average molecular weight is 300 g/mol. The highest BCUT2D eigenvalue weighted by molar-refractivity contribution is 5.84. The standard InChI is InChI=1S/C18H24N2O2/c1-18(2,3)15-7-5-14(6-8-15)13-16(19-4)17(21)20-9-11-22-12-10-20/h5-8,16H,9-13H2,1-3H3. The van der Waals surface area contributed by atoms with E-state index in [1.54, 1.807) is 4.90 Å². The van der Waals surface area contributed by atoms with Gasteiger partial charge in [0.05, 0.1) is 19.6 Å². The van der Waals surface area contributed by atoms with Gasteiger partial charge in [-0.15, -0.1) is 0 Å². The number of rotatable bonds is 3. The van der Waals surface area contributed by atoms with Crippen LogP contribution in [0.1, 0.15) is 31.9 Å². The molecule has 1 atom stereocenters. The summed E-state index contributed by atoms with van der Waals surface area (Å²) in [6.45, 7) is 16.2. The van der Waals surface area contributed by atoms with E-state index in [0.29, 0.717) is 32.7 Å². The predicted molar refractivity (Wildman–Crippen MR) is 86.6 cm³/mol. The molecule has 0 bridgehead atoms. The first-order valence-corrected chi connectivity index (χ1v) is 7.74. The van der Waals surface area contributed by atoms with Crippen LogP contribution in [-0.4, -0.2) is 43.2 Å². The third kappa shape index (κ3) is 4.08. The largest absolute Gasteiger partial charge is 0.378 e. The van der Waals surface area contributed by atoms with E-state index in [1.807, 2.05) is 12.1 Å². The van der Waals surface area contributed by atoms with Gasteiger partial charge in [-0.3, -0.25) is 4.79 Å². The summed E-state index contributed by atoms with van der Waals surface area (Å²) in [5.74, 6) is -0.0711. The molecular formula is C18H24N2O2. The molecule has 0 radical (unpaired) electrons. The fourth-order valence-electron chi connectivity index (χ4n) is 2.55. The van der Waals surface area contributed by atoms with E-state index >= 15 is 0 Å². The van der Waals surface area contributed by atoms with Gasteiger partial charge < -0.3 is 14.5 Å². The second-order valence-electron chi connectivity index (χ2n) is 6.73. The van der Waals surface area contributed by atoms with Crippen LogP contribution in [0.2, 0.25) is 0 Å². The summed E-state index contributed by atoms with van der Waals surface area (Å²) in [4.78, 5) is 17.7. The van der Waals surface area contributed by atoms with Gasteiger partial charge in [0, 0.05) is 13.1 Å². The van der Waals surface area contributed by atoms with E-state index in [1.165, 1.54) is 5.56 Å². The van der Waals surface area contributed by atoms with Crippen molar-refractivity contribution in [3.05, 3.63) is 46.8 Å². The second kappa shape index (κ2) is 6.93. The van der Waals surface area contributed by atoms with E-state index in [-0.39, 0.29) is 11.3 Å². The minimum atomic E-state index is -0.626. The van der Waals surface area contributed by atoms with Crippen molar-refractivity contribution in [1.82, 2.24) is 4.90 Å². The quantitative estimate of drug-likeness (QED) is 0.804. The third-order valence-corrected chi connectivity index (χ3v) is 4.01. The molecule has 0 spiro atoms. The lowest BCUT2D eigenvalue weighted by molar-refractivity contribution is -0.135. The zero-order valence-corrected chi connectivity index (χ0v) is 13.6. The maximum Gasteiger partial charge on any atom is 0.306 e. The smallest absolute Gasteiger partial charge is 0.306 e. The minimum absolute atomic E-state index is 0.0711. The maximum absolute atomic E-state index is 12.4. The summed E-state index contributed by atoms with van der Waals surface area (Å²) >= 11 is 0. The van der Waals surface area contributed by atoms with Crippen molar-refractivity contribution in [3.63, 3.8) is 0 Å². The first-order chi connectivity index (χ1) is 10.4. The van der Waals surface area contributed by atoms with Crippen LogP contribution in [0.5, 0.6) is 0 Å². The summed E-state index contributed by atoms with van der Waals surface area (Å²) in [5.41, 5.74) is 2.41. The highest BCUT2D eigenvalue weighted by Crippen LogP contribution is 2.22. The SMILES string of the molecule is [C-]#[N+]C(Cc1ccc(C(C)(C)C)cc1)C(=O)N1CCOCC1. The molecule has 1 fully saturated rings. The predicted octanol–water partition coefficient (Wildman–Crippen LogP) is 2.67. The van der Waals surface area contributed by atoms with E-state index in [0.717, 1.165) is 5.56 Å². The highest BCUT2D eigenvalue weighted by Gasteiger charge is 2.30. The number of nitrogens with zero attached hydrogens (tertiary/aromatic N) is 2. The Hall–Kier alpha value is -1.86. The molecule has 1 aliphatic heterocycles. The molecule has 0 N–H and O–H groups in total. The zero-order chi connectivity index (χ0) is 16.2. The normalized spacial score (nSPS) is 16.9. The number of ether oxygens (including phenoxy) is 1. The molecule has 118 valence electrons. The molecule has 4 heteroatoms. The average Bonchev–Trinajstić information content (AvgIpc) is 2.52. The van der Waals surface area contributed by atoms with E-state index in [2.05, 4.69) is 37.7 Å². The zero-order valence-electron chi connectivity index (χ0n) is 13.6. The van der Waals surface area contributed by atoms with Crippen LogP contribution in [-0.2, 0) is 21.4 Å². The van der Waals surface area contributed by atoms with E-state index in [9.17, 15) is 4.79 Å². The number of benzene rings is 1. The van der Waals surface area contributed by atoms with Crippen LogP contribution in [0.3, 0.4) is 0 Å². The molecule has 0 aliphatic carbocycles. The lowest BCUT2D eigenvalue weighted by Crippen LogP contribution is -2.45. The van der Waals surface area contributed by atoms with Crippen LogP contribution < -0.4 is 0 Å². The van der Waals surface area contributed by atoms with Gasteiger partial charge in [-0.2, -0.15) is 0 Å². The summed E-state index contributed by atoms with van der Waals surface area (Å²) in [7, 11) is 0. The minimum Gasteiger partial charge on any atom is -0.378 e. The number of amides is 1. The molecule has 0 saturated carbocycles. The molecule has 0 aromatic heterocycles. The van der Waals surface area contributed by atoms with Crippen LogP contribution in [0.4, 0.5) is 0 Å². The molecule has 1 amide bonds. The Kier molecular flexibility index (Phi) is 5.20. The van der Waals surface area contributed by atoms with Gasteiger partial charge in [-0.1, -0.05) is 45.0 Å². The Bertz CT molecular complexity index is 546. The van der Waals surface area contributed by atoms with Gasteiger partial charge in [-0.25, -0.2) is 6.57 Å². The number of hydrogen-bond acceptors (Lipinski definition) is 2. The van der Waals surface area contributed by atoms with Crippen molar-refractivity contribution < 1.29 is 9.53 Å². The van der Waals surface area contributed by atoms with Gasteiger partial charge in [-0.05, 0) is 16.5 Å². The van der Waals surface area contributed by atoms with Gasteiger partial charge in [0.25, 0.3) is 0 Å². The summed E-state index contributed by atoms with van der Waals surface area (Å²) in [6, 6.07) is 7.63. The highest BCUT2D eigenvalue weighted by atomic mass is 16.5. The molecule has 1 aromatic carbocycles. The fraction of sp³-hybridized carbons (Fsp3) is 0.556. The fourth-order valence-corrected chi connectivity index (χ4v) is 2.55. The van der Waals surface area contributed by atoms with Crippen molar-refractivity contribution >= 4 is 5.91 Å². The Labute approximate surface area is 132 Å². The number of carbonyl (C=O) groups is 1. The van der Waals surface area contributed by atoms with Crippen molar-refractivity contribution in [1.29, 1.82) is 0 Å². The monoisotopic (exact) mass is 300 g/mol. The van der Waals surface area contributed by atoms with Crippen LogP contribution in [0.15, 0.2) is 24.3 Å². The molecule has 1 heterocycles. The van der Waals surface area contributed by atoms with Gasteiger partial charge in [0.1, 0.15) is 0 Å². The molecule has 1 aromatic rings. The molecule has 1 aliphatic rings. The lowest BCUT2D eigenvalue weighted by Gasteiger charge is -2.27. The number of morpholine rings is 1. The molecule has 22 heavy (non-hydrogen) atoms. The Morgan fingerprint density at radius 1 is 1.27 bits per heavy atom. The maximum atomic E-state index is 12.4.